The lowest BCUT2D eigenvalue weighted by molar-refractivity contribution is -0.143. The minimum atomic E-state index is -0.00788. The van der Waals surface area contributed by atoms with Crippen molar-refractivity contribution in [3.63, 3.8) is 0 Å². The zero-order valence-electron chi connectivity index (χ0n) is 21.2. The zero-order chi connectivity index (χ0) is 22.8. The first-order chi connectivity index (χ1) is 15.2. The van der Waals surface area contributed by atoms with Gasteiger partial charge in [-0.25, -0.2) is 0 Å². The van der Waals surface area contributed by atoms with Crippen molar-refractivity contribution >= 4 is 5.97 Å². The average molecular weight is 442 g/mol. The van der Waals surface area contributed by atoms with Crippen LogP contribution in [0.1, 0.15) is 136 Å². The van der Waals surface area contributed by atoms with Gasteiger partial charge in [-0.1, -0.05) is 104 Å². The molecule has 0 saturated carbocycles. The number of hydrogen-bond acceptors (Lipinski definition) is 4. The highest BCUT2D eigenvalue weighted by Crippen LogP contribution is 2.11. The molecule has 0 bridgehead atoms. The van der Waals surface area contributed by atoms with E-state index >= 15 is 0 Å². The van der Waals surface area contributed by atoms with Gasteiger partial charge >= 0.3 is 5.97 Å². The number of ether oxygens (including phenoxy) is 1. The van der Waals surface area contributed by atoms with Crippen molar-refractivity contribution in [3.8, 4) is 0 Å². The molecule has 0 aliphatic carbocycles. The van der Waals surface area contributed by atoms with Gasteiger partial charge in [-0.15, -0.1) is 0 Å². The molecule has 0 radical (unpaired) electrons. The van der Waals surface area contributed by atoms with Crippen molar-refractivity contribution in [3.05, 3.63) is 0 Å². The molecule has 0 spiro atoms. The fraction of sp³-hybridized carbons (Fsp3) is 0.963. The second kappa shape index (κ2) is 25.6. The summed E-state index contributed by atoms with van der Waals surface area (Å²) in [6.45, 7) is 8.37. The molecular weight excluding hydrogens is 386 g/mol. The third-order valence-corrected chi connectivity index (χ3v) is 6.11. The molecule has 1 N–H and O–H groups in total. The Kier molecular flexibility index (Phi) is 25.1. The van der Waals surface area contributed by atoms with E-state index in [2.05, 4.69) is 18.7 Å². The van der Waals surface area contributed by atoms with Crippen molar-refractivity contribution in [2.24, 2.45) is 0 Å². The Morgan fingerprint density at radius 1 is 0.613 bits per heavy atom. The van der Waals surface area contributed by atoms with Gasteiger partial charge in [0.2, 0.25) is 0 Å². The van der Waals surface area contributed by atoms with Crippen LogP contribution in [0.15, 0.2) is 0 Å². The van der Waals surface area contributed by atoms with Crippen molar-refractivity contribution in [2.75, 3.05) is 32.8 Å². The number of aliphatic hydroxyl groups is 1. The fourth-order valence-corrected chi connectivity index (χ4v) is 4.02. The molecule has 0 fully saturated rings. The number of aliphatic hydroxyl groups excluding tert-OH is 1. The van der Waals surface area contributed by atoms with E-state index in [-0.39, 0.29) is 12.6 Å². The molecule has 0 aromatic carbocycles. The van der Waals surface area contributed by atoms with E-state index in [0.717, 1.165) is 38.9 Å². The Labute approximate surface area is 194 Å². The van der Waals surface area contributed by atoms with E-state index in [4.69, 9.17) is 9.84 Å². The van der Waals surface area contributed by atoms with Crippen LogP contribution in [0, 0.1) is 0 Å². The smallest absolute Gasteiger partial charge is 0.305 e. The minimum Gasteiger partial charge on any atom is -0.466 e. The van der Waals surface area contributed by atoms with E-state index in [1.54, 1.807) is 0 Å². The standard InChI is InChI=1S/C27H55NO3/c1-3-5-7-8-9-10-11-14-17-20-26-31-27(30)21-18-15-12-13-16-19-23-28(24-25-29)22-6-4-2/h29H,3-26H2,1-2H3. The molecule has 0 amide bonds. The Bertz CT molecular complexity index is 362. The Morgan fingerprint density at radius 3 is 1.68 bits per heavy atom. The number of carbonyl (C=O) groups is 1. The molecule has 0 unspecified atom stereocenters. The number of carbonyl (C=O) groups excluding carboxylic acids is 1. The molecule has 0 heterocycles. The molecule has 4 heteroatoms. The van der Waals surface area contributed by atoms with Gasteiger partial charge in [0.15, 0.2) is 0 Å². The van der Waals surface area contributed by atoms with E-state index in [0.29, 0.717) is 13.0 Å². The van der Waals surface area contributed by atoms with Gasteiger partial charge < -0.3 is 14.7 Å². The summed E-state index contributed by atoms with van der Waals surface area (Å²) in [5.74, 6) is -0.00788. The number of esters is 1. The van der Waals surface area contributed by atoms with Gasteiger partial charge in [0.1, 0.15) is 0 Å². The number of rotatable bonds is 25. The van der Waals surface area contributed by atoms with Gasteiger partial charge in [0, 0.05) is 13.0 Å². The minimum absolute atomic E-state index is 0.00788. The predicted octanol–water partition coefficient (Wildman–Crippen LogP) is 7.28. The maximum absolute atomic E-state index is 11.8. The molecule has 4 nitrogen and oxygen atoms in total. The summed E-state index contributed by atoms with van der Waals surface area (Å²) in [5.41, 5.74) is 0. The molecule has 0 saturated heterocycles. The van der Waals surface area contributed by atoms with Crippen LogP contribution in [-0.4, -0.2) is 48.8 Å². The summed E-state index contributed by atoms with van der Waals surface area (Å²) in [4.78, 5) is 14.2. The fourth-order valence-electron chi connectivity index (χ4n) is 4.02. The zero-order valence-corrected chi connectivity index (χ0v) is 21.2. The lowest BCUT2D eigenvalue weighted by Gasteiger charge is -2.20. The lowest BCUT2D eigenvalue weighted by atomic mass is 10.1. The maximum Gasteiger partial charge on any atom is 0.305 e. The number of hydrogen-bond donors (Lipinski definition) is 1. The highest BCUT2D eigenvalue weighted by Gasteiger charge is 2.04. The summed E-state index contributed by atoms with van der Waals surface area (Å²) in [5, 5.41) is 9.14. The third-order valence-electron chi connectivity index (χ3n) is 6.11. The van der Waals surface area contributed by atoms with Crippen molar-refractivity contribution in [1.29, 1.82) is 0 Å². The third kappa shape index (κ3) is 23.9. The highest BCUT2D eigenvalue weighted by molar-refractivity contribution is 5.69. The van der Waals surface area contributed by atoms with Crippen LogP contribution in [-0.2, 0) is 9.53 Å². The van der Waals surface area contributed by atoms with Crippen LogP contribution in [0.2, 0.25) is 0 Å². The van der Waals surface area contributed by atoms with Crippen LogP contribution in [0.25, 0.3) is 0 Å². The van der Waals surface area contributed by atoms with Crippen LogP contribution < -0.4 is 0 Å². The Hall–Kier alpha value is -0.610. The van der Waals surface area contributed by atoms with E-state index in [1.807, 2.05) is 0 Å². The molecule has 0 atom stereocenters. The van der Waals surface area contributed by atoms with Crippen molar-refractivity contribution in [2.45, 2.75) is 136 Å². The average Bonchev–Trinajstić information content (AvgIpc) is 2.77. The lowest BCUT2D eigenvalue weighted by Crippen LogP contribution is -2.29. The molecule has 0 aliphatic rings. The van der Waals surface area contributed by atoms with Crippen molar-refractivity contribution in [1.82, 2.24) is 4.90 Å². The van der Waals surface area contributed by atoms with Gasteiger partial charge in [0.05, 0.1) is 13.2 Å². The van der Waals surface area contributed by atoms with E-state index in [1.165, 1.54) is 96.3 Å². The Morgan fingerprint density at radius 2 is 1.10 bits per heavy atom. The SMILES string of the molecule is CCCCCCCCCCCCOC(=O)CCCCCCCCN(CCO)CCCC. The molecule has 186 valence electrons. The van der Waals surface area contributed by atoms with Gasteiger partial charge in [-0.2, -0.15) is 0 Å². The van der Waals surface area contributed by atoms with Crippen LogP contribution in [0.3, 0.4) is 0 Å². The first-order valence-electron chi connectivity index (χ1n) is 13.7. The first-order valence-corrected chi connectivity index (χ1v) is 13.7. The summed E-state index contributed by atoms with van der Waals surface area (Å²) in [6.07, 6.45) is 23.1. The normalized spacial score (nSPS) is 11.4. The molecule has 0 aromatic heterocycles. The number of nitrogens with zero attached hydrogens (tertiary/aromatic N) is 1. The van der Waals surface area contributed by atoms with E-state index in [9.17, 15) is 4.79 Å². The maximum atomic E-state index is 11.8. The molecule has 0 aliphatic heterocycles. The van der Waals surface area contributed by atoms with Crippen LogP contribution >= 0.6 is 0 Å². The van der Waals surface area contributed by atoms with Gasteiger partial charge in [-0.05, 0) is 38.8 Å². The highest BCUT2D eigenvalue weighted by atomic mass is 16.5. The Balaban J connectivity index is 3.32. The summed E-state index contributed by atoms with van der Waals surface area (Å²) in [6, 6.07) is 0. The summed E-state index contributed by atoms with van der Waals surface area (Å²) >= 11 is 0. The first kappa shape index (κ1) is 30.4. The monoisotopic (exact) mass is 441 g/mol. The topological polar surface area (TPSA) is 49.8 Å². The molecule has 0 rings (SSSR count). The largest absolute Gasteiger partial charge is 0.466 e. The predicted molar refractivity (Wildman–Crippen MR) is 134 cm³/mol. The van der Waals surface area contributed by atoms with Crippen LogP contribution in [0.5, 0.6) is 0 Å². The molecule has 31 heavy (non-hydrogen) atoms. The second-order valence-corrected chi connectivity index (χ2v) is 9.19. The van der Waals surface area contributed by atoms with Crippen molar-refractivity contribution < 1.29 is 14.6 Å². The quantitative estimate of drug-likeness (QED) is 0.119. The second-order valence-electron chi connectivity index (χ2n) is 9.19. The van der Waals surface area contributed by atoms with Crippen LogP contribution in [0.4, 0.5) is 0 Å². The number of unbranched alkanes of at least 4 members (excludes halogenated alkanes) is 15. The summed E-state index contributed by atoms with van der Waals surface area (Å²) in [7, 11) is 0. The van der Waals surface area contributed by atoms with E-state index < -0.39 is 0 Å². The van der Waals surface area contributed by atoms with Gasteiger partial charge in [-0.3, -0.25) is 4.79 Å². The molecular formula is C27H55NO3. The molecule has 0 aromatic rings. The van der Waals surface area contributed by atoms with Gasteiger partial charge in [0.25, 0.3) is 0 Å². The summed E-state index contributed by atoms with van der Waals surface area (Å²) < 4.78 is 5.38.